The van der Waals surface area contributed by atoms with Gasteiger partial charge in [-0.05, 0) is 31.1 Å². The van der Waals surface area contributed by atoms with E-state index in [9.17, 15) is 5.11 Å². The van der Waals surface area contributed by atoms with Crippen LogP contribution < -0.4 is 0 Å². The SMILES string of the molecule is C[C@@]1(O)C=C[C@H]2[C@@H]1[C@H]1C=C[C@@H]2C1. The maximum absolute atomic E-state index is 10.1. The lowest BCUT2D eigenvalue weighted by Crippen LogP contribution is -2.34. The number of fused-ring (bicyclic) bond motifs is 5. The second-order valence-electron chi connectivity index (χ2n) is 4.64. The average Bonchev–Trinajstić information content (AvgIpc) is 2.61. The normalized spacial score (nSPS) is 59.8. The molecular formula is C11H14O. The van der Waals surface area contributed by atoms with Gasteiger partial charge in [-0.25, -0.2) is 0 Å². The first-order valence-electron chi connectivity index (χ1n) is 4.78. The first kappa shape index (κ1) is 6.90. The van der Waals surface area contributed by atoms with Gasteiger partial charge in [0.15, 0.2) is 0 Å². The molecule has 0 heterocycles. The van der Waals surface area contributed by atoms with Gasteiger partial charge in [0.1, 0.15) is 0 Å². The van der Waals surface area contributed by atoms with Crippen LogP contribution in [-0.4, -0.2) is 10.7 Å². The molecule has 2 bridgehead atoms. The Kier molecular flexibility index (Phi) is 1.06. The highest BCUT2D eigenvalue weighted by Gasteiger charge is 2.53. The van der Waals surface area contributed by atoms with E-state index in [0.29, 0.717) is 17.8 Å². The zero-order chi connectivity index (χ0) is 8.34. The zero-order valence-corrected chi connectivity index (χ0v) is 7.27. The van der Waals surface area contributed by atoms with Gasteiger partial charge in [0.2, 0.25) is 0 Å². The molecule has 3 aliphatic rings. The summed E-state index contributed by atoms with van der Waals surface area (Å²) >= 11 is 0. The van der Waals surface area contributed by atoms with Crippen molar-refractivity contribution in [3.05, 3.63) is 24.3 Å². The van der Waals surface area contributed by atoms with Crippen LogP contribution in [0.5, 0.6) is 0 Å². The van der Waals surface area contributed by atoms with Crippen LogP contribution in [-0.2, 0) is 0 Å². The van der Waals surface area contributed by atoms with E-state index in [2.05, 4.69) is 18.2 Å². The smallest absolute Gasteiger partial charge is 0.0839 e. The lowest BCUT2D eigenvalue weighted by Gasteiger charge is -2.30. The topological polar surface area (TPSA) is 20.2 Å². The summed E-state index contributed by atoms with van der Waals surface area (Å²) in [5.74, 6) is 2.48. The molecule has 0 aromatic rings. The van der Waals surface area contributed by atoms with Gasteiger partial charge in [0.05, 0.1) is 5.60 Å². The van der Waals surface area contributed by atoms with E-state index in [1.165, 1.54) is 6.42 Å². The van der Waals surface area contributed by atoms with Crippen molar-refractivity contribution in [3.63, 3.8) is 0 Å². The van der Waals surface area contributed by atoms with Crippen molar-refractivity contribution >= 4 is 0 Å². The van der Waals surface area contributed by atoms with Crippen molar-refractivity contribution in [2.75, 3.05) is 0 Å². The van der Waals surface area contributed by atoms with Crippen molar-refractivity contribution in [2.24, 2.45) is 23.7 Å². The average molecular weight is 162 g/mol. The Labute approximate surface area is 72.8 Å². The Hall–Kier alpha value is -0.560. The van der Waals surface area contributed by atoms with Gasteiger partial charge in [-0.1, -0.05) is 24.3 Å². The lowest BCUT2D eigenvalue weighted by molar-refractivity contribution is 0.0327. The number of hydrogen-bond donors (Lipinski definition) is 1. The minimum Gasteiger partial charge on any atom is -0.386 e. The van der Waals surface area contributed by atoms with Crippen molar-refractivity contribution in [1.82, 2.24) is 0 Å². The van der Waals surface area contributed by atoms with E-state index in [1.807, 2.05) is 13.0 Å². The zero-order valence-electron chi connectivity index (χ0n) is 7.27. The maximum Gasteiger partial charge on any atom is 0.0839 e. The van der Waals surface area contributed by atoms with Crippen LogP contribution in [0.1, 0.15) is 13.3 Å². The Bertz CT molecular complexity index is 275. The van der Waals surface area contributed by atoms with Gasteiger partial charge in [-0.15, -0.1) is 0 Å². The van der Waals surface area contributed by atoms with Gasteiger partial charge >= 0.3 is 0 Å². The molecule has 1 saturated carbocycles. The molecule has 0 spiro atoms. The molecule has 5 atom stereocenters. The summed E-state index contributed by atoms with van der Waals surface area (Å²) in [6.45, 7) is 1.95. The number of hydrogen-bond acceptors (Lipinski definition) is 1. The quantitative estimate of drug-likeness (QED) is 0.538. The molecule has 0 aliphatic heterocycles. The lowest BCUT2D eigenvalue weighted by atomic mass is 9.78. The van der Waals surface area contributed by atoms with Gasteiger partial charge in [-0.3, -0.25) is 0 Å². The summed E-state index contributed by atoms with van der Waals surface area (Å²) in [6.07, 6.45) is 10.1. The second kappa shape index (κ2) is 1.85. The maximum atomic E-state index is 10.1. The molecule has 1 fully saturated rings. The fourth-order valence-corrected chi connectivity index (χ4v) is 3.36. The van der Waals surface area contributed by atoms with E-state index in [1.54, 1.807) is 0 Å². The van der Waals surface area contributed by atoms with Crippen LogP contribution in [0.2, 0.25) is 0 Å². The van der Waals surface area contributed by atoms with Gasteiger partial charge < -0.3 is 5.11 Å². The van der Waals surface area contributed by atoms with Gasteiger partial charge in [-0.2, -0.15) is 0 Å². The van der Waals surface area contributed by atoms with Crippen LogP contribution in [0, 0.1) is 23.7 Å². The Morgan fingerprint density at radius 1 is 1.25 bits per heavy atom. The van der Waals surface area contributed by atoms with Gasteiger partial charge in [0, 0.05) is 5.92 Å². The summed E-state index contributed by atoms with van der Waals surface area (Å²) in [7, 11) is 0. The van der Waals surface area contributed by atoms with E-state index >= 15 is 0 Å². The minimum atomic E-state index is -0.533. The van der Waals surface area contributed by atoms with Crippen LogP contribution in [0.4, 0.5) is 0 Å². The summed E-state index contributed by atoms with van der Waals surface area (Å²) in [5.41, 5.74) is -0.533. The molecule has 0 radical (unpaired) electrons. The predicted octanol–water partition coefficient (Wildman–Crippen LogP) is 1.75. The van der Waals surface area contributed by atoms with Crippen molar-refractivity contribution in [1.29, 1.82) is 0 Å². The predicted molar refractivity (Wildman–Crippen MR) is 47.5 cm³/mol. The third kappa shape index (κ3) is 0.639. The van der Waals surface area contributed by atoms with Crippen LogP contribution in [0.15, 0.2) is 24.3 Å². The summed E-state index contributed by atoms with van der Waals surface area (Å²) < 4.78 is 0. The van der Waals surface area contributed by atoms with E-state index in [0.717, 1.165) is 5.92 Å². The molecule has 1 nitrogen and oxygen atoms in total. The molecule has 0 aromatic carbocycles. The number of rotatable bonds is 0. The molecule has 64 valence electrons. The summed E-state index contributed by atoms with van der Waals surface area (Å²) in [4.78, 5) is 0. The Morgan fingerprint density at radius 3 is 2.75 bits per heavy atom. The molecule has 12 heavy (non-hydrogen) atoms. The highest BCUT2D eigenvalue weighted by atomic mass is 16.3. The second-order valence-corrected chi connectivity index (χ2v) is 4.64. The fourth-order valence-electron chi connectivity index (χ4n) is 3.36. The highest BCUT2D eigenvalue weighted by molar-refractivity contribution is 5.28. The minimum absolute atomic E-state index is 0.479. The van der Waals surface area contributed by atoms with Crippen molar-refractivity contribution < 1.29 is 5.11 Å². The van der Waals surface area contributed by atoms with E-state index < -0.39 is 5.60 Å². The molecule has 0 unspecified atom stereocenters. The molecule has 1 heteroatoms. The molecule has 0 aromatic heterocycles. The molecular weight excluding hydrogens is 148 g/mol. The number of aliphatic hydroxyl groups is 1. The summed E-state index contributed by atoms with van der Waals surface area (Å²) in [6, 6.07) is 0. The van der Waals surface area contributed by atoms with Crippen LogP contribution in [0.3, 0.4) is 0 Å². The van der Waals surface area contributed by atoms with Crippen molar-refractivity contribution in [3.8, 4) is 0 Å². The van der Waals surface area contributed by atoms with E-state index in [-0.39, 0.29) is 0 Å². The first-order chi connectivity index (χ1) is 5.68. The third-order valence-corrected chi connectivity index (χ3v) is 3.85. The first-order valence-corrected chi connectivity index (χ1v) is 4.78. The molecule has 3 aliphatic carbocycles. The van der Waals surface area contributed by atoms with E-state index in [4.69, 9.17) is 0 Å². The molecule has 0 saturated heterocycles. The Balaban J connectivity index is 2.04. The number of allylic oxidation sites excluding steroid dienone is 3. The molecule has 0 amide bonds. The fraction of sp³-hybridized carbons (Fsp3) is 0.636. The monoisotopic (exact) mass is 162 g/mol. The van der Waals surface area contributed by atoms with Crippen LogP contribution >= 0.6 is 0 Å². The largest absolute Gasteiger partial charge is 0.386 e. The highest BCUT2D eigenvalue weighted by Crippen LogP contribution is 2.55. The molecule has 1 N–H and O–H groups in total. The Morgan fingerprint density at radius 2 is 2.00 bits per heavy atom. The van der Waals surface area contributed by atoms with Crippen molar-refractivity contribution in [2.45, 2.75) is 18.9 Å². The summed E-state index contributed by atoms with van der Waals surface area (Å²) in [5, 5.41) is 10.1. The standard InChI is InChI=1S/C11H14O/c1-11(12)5-4-9-7-2-3-8(6-7)10(9)11/h2-5,7-10,12H,6H2,1H3/t7-,8+,9-,10+,11-/m1/s1. The molecule has 3 rings (SSSR count). The third-order valence-electron chi connectivity index (χ3n) is 3.85. The van der Waals surface area contributed by atoms with Crippen LogP contribution in [0.25, 0.3) is 0 Å². The van der Waals surface area contributed by atoms with Gasteiger partial charge in [0.25, 0.3) is 0 Å².